The van der Waals surface area contributed by atoms with Crippen LogP contribution in [0.1, 0.15) is 16.6 Å². The number of benzene rings is 1. The van der Waals surface area contributed by atoms with Crippen molar-refractivity contribution in [2.24, 2.45) is 0 Å². The summed E-state index contributed by atoms with van der Waals surface area (Å²) >= 11 is 1.25. The molecule has 0 amide bonds. The quantitative estimate of drug-likeness (QED) is 0.874. The van der Waals surface area contributed by atoms with Crippen LogP contribution in [-0.2, 0) is 0 Å². The SMILES string of the molecule is CNc1nc(-c2ccc(OC)c(F)c2)c(C(C)=O)s1. The van der Waals surface area contributed by atoms with Gasteiger partial charge in [0.1, 0.15) is 0 Å². The number of thiazole rings is 1. The van der Waals surface area contributed by atoms with Crippen LogP contribution in [0, 0.1) is 5.82 Å². The molecule has 100 valence electrons. The fraction of sp³-hybridized carbons (Fsp3) is 0.231. The summed E-state index contributed by atoms with van der Waals surface area (Å²) in [6.45, 7) is 1.47. The molecule has 0 saturated carbocycles. The smallest absolute Gasteiger partial charge is 0.183 e. The zero-order valence-corrected chi connectivity index (χ0v) is 11.6. The minimum absolute atomic E-state index is 0.0924. The number of hydrogen-bond acceptors (Lipinski definition) is 5. The van der Waals surface area contributed by atoms with Gasteiger partial charge < -0.3 is 10.1 Å². The number of hydrogen-bond donors (Lipinski definition) is 1. The highest BCUT2D eigenvalue weighted by molar-refractivity contribution is 7.18. The molecule has 4 nitrogen and oxygen atoms in total. The zero-order chi connectivity index (χ0) is 14.0. The van der Waals surface area contributed by atoms with Crippen LogP contribution in [0.2, 0.25) is 0 Å². The summed E-state index contributed by atoms with van der Waals surface area (Å²) in [7, 11) is 3.13. The van der Waals surface area contributed by atoms with E-state index in [9.17, 15) is 9.18 Å². The number of ether oxygens (including phenoxy) is 1. The summed E-state index contributed by atoms with van der Waals surface area (Å²) in [4.78, 5) is 16.4. The molecule has 1 aromatic carbocycles. The molecule has 0 radical (unpaired) electrons. The minimum atomic E-state index is -0.478. The Kier molecular flexibility index (Phi) is 3.80. The van der Waals surface area contributed by atoms with E-state index in [1.807, 2.05) is 0 Å². The van der Waals surface area contributed by atoms with Crippen LogP contribution in [-0.4, -0.2) is 24.9 Å². The lowest BCUT2D eigenvalue weighted by molar-refractivity contribution is 0.102. The van der Waals surface area contributed by atoms with E-state index in [4.69, 9.17) is 4.74 Å². The first-order valence-electron chi connectivity index (χ1n) is 5.60. The topological polar surface area (TPSA) is 51.2 Å². The summed E-state index contributed by atoms with van der Waals surface area (Å²) in [5.41, 5.74) is 1.05. The molecule has 0 aliphatic heterocycles. The van der Waals surface area contributed by atoms with Gasteiger partial charge in [-0.3, -0.25) is 4.79 Å². The largest absolute Gasteiger partial charge is 0.494 e. The second-order valence-corrected chi connectivity index (χ2v) is 4.85. The van der Waals surface area contributed by atoms with Crippen molar-refractivity contribution < 1.29 is 13.9 Å². The number of carbonyl (C=O) groups is 1. The molecule has 1 N–H and O–H groups in total. The van der Waals surface area contributed by atoms with Crippen molar-refractivity contribution in [1.82, 2.24) is 4.98 Å². The van der Waals surface area contributed by atoms with Crippen molar-refractivity contribution in [3.63, 3.8) is 0 Å². The number of nitrogens with one attached hydrogen (secondary N) is 1. The molecule has 0 bridgehead atoms. The Morgan fingerprint density at radius 2 is 2.21 bits per heavy atom. The van der Waals surface area contributed by atoms with E-state index in [1.165, 1.54) is 37.5 Å². The Morgan fingerprint density at radius 1 is 1.47 bits per heavy atom. The maximum absolute atomic E-state index is 13.7. The number of carbonyl (C=O) groups excluding carboxylic acids is 1. The van der Waals surface area contributed by atoms with Crippen LogP contribution in [0.4, 0.5) is 9.52 Å². The van der Waals surface area contributed by atoms with Crippen LogP contribution in [0.5, 0.6) is 5.75 Å². The number of nitrogens with zero attached hydrogens (tertiary/aromatic N) is 1. The van der Waals surface area contributed by atoms with Crippen LogP contribution in [0.25, 0.3) is 11.3 Å². The number of anilines is 1. The number of halogens is 1. The van der Waals surface area contributed by atoms with Gasteiger partial charge in [0, 0.05) is 19.5 Å². The molecular weight excluding hydrogens is 267 g/mol. The zero-order valence-electron chi connectivity index (χ0n) is 10.8. The molecule has 2 rings (SSSR count). The third-order valence-corrected chi connectivity index (χ3v) is 3.76. The van der Waals surface area contributed by atoms with Crippen LogP contribution in [0.15, 0.2) is 18.2 Å². The third-order valence-electron chi connectivity index (χ3n) is 2.59. The van der Waals surface area contributed by atoms with E-state index < -0.39 is 5.82 Å². The van der Waals surface area contributed by atoms with Gasteiger partial charge in [0.25, 0.3) is 0 Å². The number of aromatic nitrogens is 1. The van der Waals surface area contributed by atoms with E-state index in [1.54, 1.807) is 13.1 Å². The summed E-state index contributed by atoms with van der Waals surface area (Å²) in [6.07, 6.45) is 0. The minimum Gasteiger partial charge on any atom is -0.494 e. The molecule has 0 unspecified atom stereocenters. The second kappa shape index (κ2) is 5.36. The molecule has 0 aliphatic rings. The maximum atomic E-state index is 13.7. The predicted molar refractivity (Wildman–Crippen MR) is 73.6 cm³/mol. The number of Topliss-reactive ketones (excluding diaryl/α,β-unsaturated/α-hetero) is 1. The Bertz CT molecular complexity index is 625. The molecule has 0 spiro atoms. The first kappa shape index (κ1) is 13.5. The Morgan fingerprint density at radius 3 is 2.74 bits per heavy atom. The van der Waals surface area contributed by atoms with E-state index in [-0.39, 0.29) is 11.5 Å². The number of methoxy groups -OCH3 is 1. The van der Waals surface area contributed by atoms with Gasteiger partial charge in [-0.1, -0.05) is 11.3 Å². The van der Waals surface area contributed by atoms with Gasteiger partial charge in [-0.2, -0.15) is 0 Å². The van der Waals surface area contributed by atoms with Crippen molar-refractivity contribution in [3.8, 4) is 17.0 Å². The van der Waals surface area contributed by atoms with Crippen molar-refractivity contribution in [1.29, 1.82) is 0 Å². The predicted octanol–water partition coefficient (Wildman–Crippen LogP) is 3.20. The highest BCUT2D eigenvalue weighted by Gasteiger charge is 2.17. The van der Waals surface area contributed by atoms with Gasteiger partial charge >= 0.3 is 0 Å². The summed E-state index contributed by atoms with van der Waals surface area (Å²) < 4.78 is 18.6. The molecule has 1 aromatic heterocycles. The Labute approximate surface area is 114 Å². The van der Waals surface area contributed by atoms with Crippen molar-refractivity contribution in [2.45, 2.75) is 6.92 Å². The van der Waals surface area contributed by atoms with Crippen LogP contribution in [0.3, 0.4) is 0 Å². The molecule has 0 aliphatic carbocycles. The van der Waals surface area contributed by atoms with Gasteiger partial charge in [-0.05, 0) is 18.2 Å². The fourth-order valence-electron chi connectivity index (χ4n) is 1.68. The van der Waals surface area contributed by atoms with Crippen molar-refractivity contribution >= 4 is 22.3 Å². The summed E-state index contributed by atoms with van der Waals surface area (Å²) in [5, 5.41) is 3.51. The molecule has 19 heavy (non-hydrogen) atoms. The summed E-state index contributed by atoms with van der Waals surface area (Å²) in [5.74, 6) is -0.407. The Balaban J connectivity index is 2.54. The lowest BCUT2D eigenvalue weighted by Gasteiger charge is -2.04. The molecule has 1 heterocycles. The molecule has 0 atom stereocenters. The van der Waals surface area contributed by atoms with E-state index >= 15 is 0 Å². The number of rotatable bonds is 4. The third kappa shape index (κ3) is 2.58. The summed E-state index contributed by atoms with van der Waals surface area (Å²) in [6, 6.07) is 4.52. The highest BCUT2D eigenvalue weighted by Crippen LogP contribution is 2.33. The lowest BCUT2D eigenvalue weighted by Crippen LogP contribution is -1.94. The first-order valence-corrected chi connectivity index (χ1v) is 6.42. The van der Waals surface area contributed by atoms with E-state index in [0.29, 0.717) is 21.3 Å². The molecule has 2 aromatic rings. The van der Waals surface area contributed by atoms with Gasteiger partial charge in [0.05, 0.1) is 17.7 Å². The number of ketones is 1. The average Bonchev–Trinajstić information content (AvgIpc) is 2.83. The van der Waals surface area contributed by atoms with Gasteiger partial charge in [0.15, 0.2) is 22.5 Å². The van der Waals surface area contributed by atoms with Crippen molar-refractivity contribution in [3.05, 3.63) is 28.9 Å². The second-order valence-electron chi connectivity index (χ2n) is 3.85. The van der Waals surface area contributed by atoms with Crippen LogP contribution < -0.4 is 10.1 Å². The first-order chi connectivity index (χ1) is 9.06. The van der Waals surface area contributed by atoms with E-state index in [2.05, 4.69) is 10.3 Å². The Hall–Kier alpha value is -1.95. The standard InChI is InChI=1S/C13H13FN2O2S/c1-7(17)12-11(16-13(15-2)19-12)8-4-5-10(18-3)9(14)6-8/h4-6H,1-3H3,(H,15,16). The maximum Gasteiger partial charge on any atom is 0.183 e. The fourth-order valence-corrected chi connectivity index (χ4v) is 2.51. The molecule has 0 saturated heterocycles. The van der Waals surface area contributed by atoms with Gasteiger partial charge in [-0.15, -0.1) is 0 Å². The van der Waals surface area contributed by atoms with Gasteiger partial charge in [0.2, 0.25) is 0 Å². The highest BCUT2D eigenvalue weighted by atomic mass is 32.1. The van der Waals surface area contributed by atoms with E-state index in [0.717, 1.165) is 0 Å². The molecule has 6 heteroatoms. The van der Waals surface area contributed by atoms with Crippen molar-refractivity contribution in [2.75, 3.05) is 19.5 Å². The molecular formula is C13H13FN2O2S. The normalized spacial score (nSPS) is 10.3. The average molecular weight is 280 g/mol. The lowest BCUT2D eigenvalue weighted by atomic mass is 10.1. The monoisotopic (exact) mass is 280 g/mol. The van der Waals surface area contributed by atoms with Gasteiger partial charge in [-0.25, -0.2) is 9.37 Å². The van der Waals surface area contributed by atoms with Crippen LogP contribution >= 0.6 is 11.3 Å². The molecule has 0 fully saturated rings.